The van der Waals surface area contributed by atoms with Crippen LogP contribution < -0.4 is 0 Å². The van der Waals surface area contributed by atoms with E-state index in [1.807, 2.05) is 16.8 Å². The summed E-state index contributed by atoms with van der Waals surface area (Å²) >= 11 is 0. The first kappa shape index (κ1) is 19.2. The van der Waals surface area contributed by atoms with Crippen molar-refractivity contribution in [2.45, 2.75) is 33.2 Å². The third kappa shape index (κ3) is 2.96. The number of carboxylic acid groups (broad SMARTS) is 1. The molecule has 0 amide bonds. The summed E-state index contributed by atoms with van der Waals surface area (Å²) in [5.74, 6) is -1.42. The lowest BCUT2D eigenvalue weighted by atomic mass is 9.72. The molecule has 1 aromatic carbocycles. The van der Waals surface area contributed by atoms with Crippen molar-refractivity contribution < 1.29 is 23.8 Å². The zero-order valence-electron chi connectivity index (χ0n) is 17.4. The van der Waals surface area contributed by atoms with Gasteiger partial charge >= 0.3 is 5.97 Å². The molecule has 0 saturated carbocycles. The van der Waals surface area contributed by atoms with Crippen molar-refractivity contribution >= 4 is 5.97 Å². The first-order chi connectivity index (χ1) is 14.8. The van der Waals surface area contributed by atoms with Gasteiger partial charge in [-0.25, -0.2) is 4.79 Å². The Kier molecular flexibility index (Phi) is 4.12. The number of rotatable bonds is 3. The quantitative estimate of drug-likeness (QED) is 0.448. The highest BCUT2D eigenvalue weighted by Gasteiger charge is 2.38. The number of aromatic carboxylic acids is 1. The number of nitrogens with zero attached hydrogens (tertiary/aromatic N) is 2. The monoisotopic (exact) mass is 418 g/mol. The predicted octanol–water partition coefficient (Wildman–Crippen LogP) is 5.62. The topological polar surface area (TPSA) is 102 Å². The Hall–Kier alpha value is -3.74. The van der Waals surface area contributed by atoms with Crippen LogP contribution in [0.5, 0.6) is 5.75 Å². The summed E-state index contributed by atoms with van der Waals surface area (Å²) in [6.45, 7) is 6.95. The van der Waals surface area contributed by atoms with Crippen LogP contribution in [0.3, 0.4) is 0 Å². The second kappa shape index (κ2) is 6.63. The van der Waals surface area contributed by atoms with E-state index in [0.29, 0.717) is 6.54 Å². The Balaban J connectivity index is 1.86. The smallest absolute Gasteiger partial charge is 0.339 e. The third-order valence-corrected chi connectivity index (χ3v) is 5.99. The number of carbonyl (C=O) groups is 1. The first-order valence-corrected chi connectivity index (χ1v) is 10.0. The van der Waals surface area contributed by atoms with E-state index in [-0.39, 0.29) is 22.6 Å². The lowest BCUT2D eigenvalue weighted by molar-refractivity contribution is 0.0693. The van der Waals surface area contributed by atoms with E-state index < -0.39 is 5.97 Å². The second-order valence-corrected chi connectivity index (χ2v) is 8.96. The number of furan rings is 2. The maximum Gasteiger partial charge on any atom is 0.339 e. The van der Waals surface area contributed by atoms with Gasteiger partial charge in [0, 0.05) is 34.7 Å². The number of fused-ring (bicyclic) bond motifs is 3. The molecule has 1 atom stereocenters. The van der Waals surface area contributed by atoms with Gasteiger partial charge < -0.3 is 19.0 Å². The number of benzene rings is 1. The van der Waals surface area contributed by atoms with Crippen LogP contribution >= 0.6 is 0 Å². The van der Waals surface area contributed by atoms with E-state index in [1.165, 1.54) is 0 Å². The van der Waals surface area contributed by atoms with Crippen molar-refractivity contribution in [3.63, 3.8) is 0 Å². The van der Waals surface area contributed by atoms with E-state index in [9.17, 15) is 15.0 Å². The van der Waals surface area contributed by atoms with Crippen LogP contribution in [-0.2, 0) is 6.54 Å². The molecule has 0 fully saturated rings. The molecule has 1 aliphatic rings. The van der Waals surface area contributed by atoms with Crippen LogP contribution in [0.15, 0.2) is 58.2 Å². The van der Waals surface area contributed by atoms with Crippen molar-refractivity contribution in [2.24, 2.45) is 5.41 Å². The first-order valence-electron chi connectivity index (χ1n) is 10.0. The van der Waals surface area contributed by atoms with Gasteiger partial charge in [0.25, 0.3) is 0 Å². The largest absolute Gasteiger partial charge is 0.507 e. The van der Waals surface area contributed by atoms with Crippen molar-refractivity contribution in [3.8, 4) is 39.4 Å². The molecule has 158 valence electrons. The Morgan fingerprint density at radius 3 is 2.39 bits per heavy atom. The van der Waals surface area contributed by atoms with Crippen molar-refractivity contribution in [1.82, 2.24) is 9.78 Å². The average molecular weight is 418 g/mol. The van der Waals surface area contributed by atoms with Gasteiger partial charge in [-0.05, 0) is 35.2 Å². The summed E-state index contributed by atoms with van der Waals surface area (Å²) in [6.07, 6.45) is 6.50. The zero-order chi connectivity index (χ0) is 21.9. The van der Waals surface area contributed by atoms with Gasteiger partial charge in [0.15, 0.2) is 0 Å². The normalized spacial score (nSPS) is 15.5. The molecular weight excluding hydrogens is 396 g/mol. The van der Waals surface area contributed by atoms with Gasteiger partial charge in [0.1, 0.15) is 17.0 Å². The molecule has 1 aliphatic heterocycles. The summed E-state index contributed by atoms with van der Waals surface area (Å²) in [5.41, 5.74) is 5.50. The molecule has 0 radical (unpaired) electrons. The standard InChI is InChI=1S/C24H22N2O5/c1-24(2,3)18-10-26-22(16-9-19(27)17(23(28)29)8-15(16)18)20(13-4-6-30-11-13)21(25-26)14-5-7-31-12-14/h4-9,11-12,18,27H,10H2,1-3H3,(H,28,29). The van der Waals surface area contributed by atoms with E-state index >= 15 is 0 Å². The van der Waals surface area contributed by atoms with E-state index in [4.69, 9.17) is 13.9 Å². The minimum atomic E-state index is -1.15. The average Bonchev–Trinajstić information content (AvgIpc) is 3.44. The molecule has 0 spiro atoms. The zero-order valence-corrected chi connectivity index (χ0v) is 17.4. The highest BCUT2D eigenvalue weighted by Crippen LogP contribution is 2.51. The number of hydrogen-bond donors (Lipinski definition) is 2. The molecule has 4 aromatic rings. The third-order valence-electron chi connectivity index (χ3n) is 5.99. The number of hydrogen-bond acceptors (Lipinski definition) is 5. The lowest BCUT2D eigenvalue weighted by Crippen LogP contribution is -2.28. The van der Waals surface area contributed by atoms with Crippen LogP contribution in [0.2, 0.25) is 0 Å². The van der Waals surface area contributed by atoms with E-state index in [1.54, 1.807) is 37.2 Å². The Labute approximate surface area is 178 Å². The molecule has 7 heteroatoms. The van der Waals surface area contributed by atoms with Crippen LogP contribution in [0.4, 0.5) is 0 Å². The van der Waals surface area contributed by atoms with E-state index in [2.05, 4.69) is 20.8 Å². The van der Waals surface area contributed by atoms with Crippen LogP contribution in [0.25, 0.3) is 33.6 Å². The van der Waals surface area contributed by atoms with Crippen LogP contribution in [-0.4, -0.2) is 26.0 Å². The van der Waals surface area contributed by atoms with Gasteiger partial charge in [-0.1, -0.05) is 20.8 Å². The highest BCUT2D eigenvalue weighted by molar-refractivity contribution is 5.96. The van der Waals surface area contributed by atoms with Crippen molar-refractivity contribution in [1.29, 1.82) is 0 Å². The molecule has 31 heavy (non-hydrogen) atoms. The maximum atomic E-state index is 11.7. The summed E-state index contributed by atoms with van der Waals surface area (Å²) in [7, 11) is 0. The fourth-order valence-electron chi connectivity index (χ4n) is 4.43. The summed E-state index contributed by atoms with van der Waals surface area (Å²) < 4.78 is 12.6. The number of aromatic hydroxyl groups is 1. The van der Waals surface area contributed by atoms with Gasteiger partial charge in [-0.15, -0.1) is 0 Å². The molecule has 0 bridgehead atoms. The molecule has 4 heterocycles. The van der Waals surface area contributed by atoms with Gasteiger partial charge in [-0.2, -0.15) is 5.10 Å². The molecule has 1 unspecified atom stereocenters. The molecule has 3 aromatic heterocycles. The summed E-state index contributed by atoms with van der Waals surface area (Å²) in [5, 5.41) is 25.0. The number of phenols is 1. The van der Waals surface area contributed by atoms with E-state index in [0.717, 1.165) is 39.2 Å². The molecule has 5 rings (SSSR count). The second-order valence-electron chi connectivity index (χ2n) is 8.96. The molecule has 0 aliphatic carbocycles. The molecular formula is C24H22N2O5. The lowest BCUT2D eigenvalue weighted by Gasteiger charge is -2.36. The summed E-state index contributed by atoms with van der Waals surface area (Å²) in [6, 6.07) is 6.87. The minimum absolute atomic E-state index is 0.00278. The Morgan fingerprint density at radius 1 is 1.13 bits per heavy atom. The molecule has 2 N–H and O–H groups in total. The minimum Gasteiger partial charge on any atom is -0.507 e. The fourth-order valence-corrected chi connectivity index (χ4v) is 4.43. The Bertz CT molecular complexity index is 1270. The van der Waals surface area contributed by atoms with Gasteiger partial charge in [0.05, 0.1) is 30.7 Å². The predicted molar refractivity (Wildman–Crippen MR) is 114 cm³/mol. The van der Waals surface area contributed by atoms with Crippen LogP contribution in [0, 0.1) is 5.41 Å². The number of aromatic nitrogens is 2. The van der Waals surface area contributed by atoms with Crippen molar-refractivity contribution in [3.05, 3.63) is 60.4 Å². The summed E-state index contributed by atoms with van der Waals surface area (Å²) in [4.78, 5) is 11.7. The van der Waals surface area contributed by atoms with Crippen molar-refractivity contribution in [2.75, 3.05) is 0 Å². The highest BCUT2D eigenvalue weighted by atomic mass is 16.4. The van der Waals surface area contributed by atoms with Crippen LogP contribution in [0.1, 0.15) is 42.6 Å². The van der Waals surface area contributed by atoms with Gasteiger partial charge in [-0.3, -0.25) is 4.68 Å². The number of carboxylic acids is 1. The molecule has 0 saturated heterocycles. The fraction of sp³-hybridized carbons (Fsp3) is 0.250. The SMILES string of the molecule is CC(C)(C)C1Cn2nc(-c3ccoc3)c(-c3ccoc3)c2-c2cc(O)c(C(=O)O)cc21. The van der Waals surface area contributed by atoms with Gasteiger partial charge in [0.2, 0.25) is 0 Å². The Morgan fingerprint density at radius 2 is 1.81 bits per heavy atom. The maximum absolute atomic E-state index is 11.7. The molecule has 7 nitrogen and oxygen atoms in total.